The highest BCUT2D eigenvalue weighted by Crippen LogP contribution is 2.34. The molecule has 6 heteroatoms. The fraction of sp³-hybridized carbons (Fsp3) is 0.355. The number of carbonyl (C=O) groups excluding carboxylic acids is 1. The number of fused-ring (bicyclic) bond motifs is 1. The molecule has 2 heterocycles. The molecule has 1 fully saturated rings. The van der Waals surface area contributed by atoms with Gasteiger partial charge < -0.3 is 14.2 Å². The highest BCUT2D eigenvalue weighted by atomic mass is 19.1. The van der Waals surface area contributed by atoms with Gasteiger partial charge in [-0.15, -0.1) is 0 Å². The van der Waals surface area contributed by atoms with Gasteiger partial charge in [0.1, 0.15) is 17.4 Å². The van der Waals surface area contributed by atoms with Crippen LogP contribution in [0.1, 0.15) is 57.3 Å². The van der Waals surface area contributed by atoms with Gasteiger partial charge >= 0.3 is 0 Å². The summed E-state index contributed by atoms with van der Waals surface area (Å²) in [6.45, 7) is 8.60. The Balaban J connectivity index is 1.28. The topological polar surface area (TPSA) is 47.4 Å². The second-order valence-electron chi connectivity index (χ2n) is 10.8. The third kappa shape index (κ3) is 5.38. The summed E-state index contributed by atoms with van der Waals surface area (Å²) in [5.41, 5.74) is 4.00. The number of ether oxygens (including phenoxy) is 1. The maximum absolute atomic E-state index is 13.4. The van der Waals surface area contributed by atoms with Crippen molar-refractivity contribution in [2.45, 2.75) is 57.9 Å². The zero-order chi connectivity index (χ0) is 26.0. The van der Waals surface area contributed by atoms with Crippen LogP contribution in [0.4, 0.5) is 10.1 Å². The van der Waals surface area contributed by atoms with Crippen LogP contribution < -0.4 is 9.64 Å². The second kappa shape index (κ2) is 10.4. The lowest BCUT2D eigenvalue weighted by Gasteiger charge is -2.22. The Hall–Kier alpha value is -3.67. The molecule has 1 amide bonds. The predicted octanol–water partition coefficient (Wildman–Crippen LogP) is 6.85. The van der Waals surface area contributed by atoms with Crippen LogP contribution in [0, 0.1) is 5.82 Å². The van der Waals surface area contributed by atoms with Gasteiger partial charge in [-0.2, -0.15) is 0 Å². The minimum absolute atomic E-state index is 0.0140. The molecule has 1 aliphatic rings. The highest BCUT2D eigenvalue weighted by Gasteiger charge is 2.34. The Labute approximate surface area is 217 Å². The molecule has 0 N–H and O–H groups in total. The minimum atomic E-state index is -0.306. The van der Waals surface area contributed by atoms with Crippen molar-refractivity contribution in [3.05, 3.63) is 90.0 Å². The normalized spacial score (nSPS) is 16.1. The van der Waals surface area contributed by atoms with E-state index in [0.717, 1.165) is 47.7 Å². The van der Waals surface area contributed by atoms with Crippen LogP contribution in [0.5, 0.6) is 5.75 Å². The summed E-state index contributed by atoms with van der Waals surface area (Å²) >= 11 is 0. The predicted molar refractivity (Wildman–Crippen MR) is 146 cm³/mol. The van der Waals surface area contributed by atoms with Crippen LogP contribution in [0.15, 0.2) is 72.8 Å². The van der Waals surface area contributed by atoms with E-state index in [2.05, 4.69) is 43.5 Å². The molecule has 5 rings (SSSR count). The van der Waals surface area contributed by atoms with Crippen molar-refractivity contribution >= 4 is 22.6 Å². The van der Waals surface area contributed by atoms with Gasteiger partial charge in [0.25, 0.3) is 0 Å². The number of halogens is 1. The quantitative estimate of drug-likeness (QED) is 0.249. The van der Waals surface area contributed by atoms with E-state index < -0.39 is 0 Å². The number of hydrogen-bond donors (Lipinski definition) is 0. The van der Waals surface area contributed by atoms with Gasteiger partial charge in [0.15, 0.2) is 0 Å². The van der Waals surface area contributed by atoms with Gasteiger partial charge in [-0.1, -0.05) is 51.1 Å². The second-order valence-corrected chi connectivity index (χ2v) is 10.8. The van der Waals surface area contributed by atoms with Crippen LogP contribution in [0.25, 0.3) is 11.0 Å². The van der Waals surface area contributed by atoms with E-state index in [-0.39, 0.29) is 23.1 Å². The van der Waals surface area contributed by atoms with Crippen molar-refractivity contribution in [1.29, 1.82) is 0 Å². The zero-order valence-corrected chi connectivity index (χ0v) is 21.8. The van der Waals surface area contributed by atoms with Crippen LogP contribution in [0.2, 0.25) is 0 Å². The molecule has 0 bridgehead atoms. The Morgan fingerprint density at radius 1 is 0.973 bits per heavy atom. The molecule has 1 saturated heterocycles. The number of aromatic nitrogens is 2. The van der Waals surface area contributed by atoms with E-state index in [0.29, 0.717) is 19.6 Å². The summed E-state index contributed by atoms with van der Waals surface area (Å²) in [4.78, 5) is 19.6. The Bertz CT molecular complexity index is 1390. The minimum Gasteiger partial charge on any atom is -0.493 e. The molecular weight excluding hydrogens is 465 g/mol. The Kier molecular flexibility index (Phi) is 7.00. The fourth-order valence-electron chi connectivity index (χ4n) is 5.16. The largest absolute Gasteiger partial charge is 0.493 e. The maximum atomic E-state index is 13.4. The van der Waals surface area contributed by atoms with Gasteiger partial charge in [-0.3, -0.25) is 4.79 Å². The van der Waals surface area contributed by atoms with Gasteiger partial charge in [0.05, 0.1) is 17.6 Å². The van der Waals surface area contributed by atoms with Crippen molar-refractivity contribution in [1.82, 2.24) is 9.55 Å². The van der Waals surface area contributed by atoms with Crippen LogP contribution in [-0.4, -0.2) is 28.6 Å². The molecule has 5 nitrogen and oxygen atoms in total. The summed E-state index contributed by atoms with van der Waals surface area (Å²) < 4.78 is 21.9. The van der Waals surface area contributed by atoms with Crippen molar-refractivity contribution in [3.8, 4) is 5.75 Å². The number of anilines is 1. The average Bonchev–Trinajstić information content (AvgIpc) is 3.44. The van der Waals surface area contributed by atoms with Crippen LogP contribution in [0.3, 0.4) is 0 Å². The third-order valence-corrected chi connectivity index (χ3v) is 7.04. The van der Waals surface area contributed by atoms with Gasteiger partial charge in [-0.05, 0) is 66.3 Å². The number of aryl methyl sites for hydroxylation is 1. The van der Waals surface area contributed by atoms with Crippen molar-refractivity contribution in [3.63, 3.8) is 0 Å². The van der Waals surface area contributed by atoms with E-state index in [9.17, 15) is 9.18 Å². The molecule has 192 valence electrons. The lowest BCUT2D eigenvalue weighted by molar-refractivity contribution is -0.117. The van der Waals surface area contributed by atoms with E-state index in [1.807, 2.05) is 30.3 Å². The van der Waals surface area contributed by atoms with Crippen LogP contribution >= 0.6 is 0 Å². The number of imidazole rings is 1. The summed E-state index contributed by atoms with van der Waals surface area (Å²) in [6, 6.07) is 22.5. The molecule has 4 aromatic rings. The molecule has 1 aliphatic heterocycles. The molecule has 1 unspecified atom stereocenters. The van der Waals surface area contributed by atoms with Gasteiger partial charge in [0.2, 0.25) is 5.91 Å². The summed E-state index contributed by atoms with van der Waals surface area (Å²) in [7, 11) is 0. The summed E-state index contributed by atoms with van der Waals surface area (Å²) in [6.07, 6.45) is 2.25. The van der Waals surface area contributed by atoms with E-state index >= 15 is 0 Å². The monoisotopic (exact) mass is 499 g/mol. The molecule has 37 heavy (non-hydrogen) atoms. The number of unbranched alkanes of at least 4 members (excludes halogenated alkanes) is 1. The number of nitrogens with zero attached hydrogens (tertiary/aromatic N) is 3. The number of amides is 1. The first-order chi connectivity index (χ1) is 17.8. The molecular formula is C31H34FN3O2. The average molecular weight is 500 g/mol. The number of carbonyl (C=O) groups is 1. The summed E-state index contributed by atoms with van der Waals surface area (Å²) in [5, 5.41) is 0. The molecule has 0 radical (unpaired) electrons. The zero-order valence-electron chi connectivity index (χ0n) is 21.8. The summed E-state index contributed by atoms with van der Waals surface area (Å²) in [5.74, 6) is 1.62. The molecule has 0 saturated carbocycles. The highest BCUT2D eigenvalue weighted by molar-refractivity contribution is 5.96. The van der Waals surface area contributed by atoms with Gasteiger partial charge in [-0.25, -0.2) is 9.37 Å². The number of benzene rings is 3. The van der Waals surface area contributed by atoms with E-state index in [1.165, 1.54) is 17.7 Å². The SMILES string of the molecule is CC(C)(C)c1ccccc1OCCCCn1c(C2CC(=O)N(c3ccc(F)cc3)C2)nc2ccccc21. The Morgan fingerprint density at radius 2 is 1.70 bits per heavy atom. The number of hydrogen-bond acceptors (Lipinski definition) is 3. The fourth-order valence-corrected chi connectivity index (χ4v) is 5.16. The smallest absolute Gasteiger partial charge is 0.227 e. The van der Waals surface area contributed by atoms with E-state index in [4.69, 9.17) is 9.72 Å². The van der Waals surface area contributed by atoms with E-state index in [1.54, 1.807) is 17.0 Å². The molecule has 1 atom stereocenters. The standard InChI is InChI=1S/C31H34FN3O2/c1-31(2,3)25-10-4-7-13-28(25)37-19-9-8-18-34-27-12-6-5-11-26(27)33-30(34)22-20-29(36)35(21-22)24-16-14-23(32)15-17-24/h4-7,10-17,22H,8-9,18-21H2,1-3H3. The molecule has 0 aliphatic carbocycles. The molecule has 3 aromatic carbocycles. The first-order valence-corrected chi connectivity index (χ1v) is 13.0. The van der Waals surface area contributed by atoms with Gasteiger partial charge in [0, 0.05) is 31.1 Å². The molecule has 0 spiro atoms. The third-order valence-electron chi connectivity index (χ3n) is 7.04. The number of para-hydroxylation sites is 3. The van der Waals surface area contributed by atoms with Crippen molar-refractivity contribution < 1.29 is 13.9 Å². The van der Waals surface area contributed by atoms with Crippen molar-refractivity contribution in [2.75, 3.05) is 18.1 Å². The lowest BCUT2D eigenvalue weighted by Crippen LogP contribution is -2.24. The van der Waals surface area contributed by atoms with Crippen molar-refractivity contribution in [2.24, 2.45) is 0 Å². The first-order valence-electron chi connectivity index (χ1n) is 13.0. The lowest BCUT2D eigenvalue weighted by atomic mass is 9.86. The van der Waals surface area contributed by atoms with Crippen LogP contribution in [-0.2, 0) is 16.8 Å². The Morgan fingerprint density at radius 3 is 2.49 bits per heavy atom. The first kappa shape index (κ1) is 25.0. The number of rotatable bonds is 8. The maximum Gasteiger partial charge on any atom is 0.227 e. The molecule has 1 aromatic heterocycles.